The van der Waals surface area contributed by atoms with Gasteiger partial charge in [-0.3, -0.25) is 0 Å². The van der Waals surface area contributed by atoms with Crippen molar-refractivity contribution in [2.75, 3.05) is 0 Å². The van der Waals surface area contributed by atoms with Crippen molar-refractivity contribution >= 4 is 71.7 Å². The van der Waals surface area contributed by atoms with Gasteiger partial charge in [0.2, 0.25) is 0 Å². The Bertz CT molecular complexity index is 2470. The second-order valence-corrected chi connectivity index (χ2v) is 11.2. The van der Waals surface area contributed by atoms with E-state index in [1.54, 1.807) is 0 Å². The first kappa shape index (κ1) is 26.2. The normalized spacial score (nSPS) is 11.8. The van der Waals surface area contributed by atoms with Gasteiger partial charge in [0.25, 0.3) is 0 Å². The molecule has 0 atom stereocenters. The Morgan fingerprint density at radius 1 is 0.465 bits per heavy atom. The Hall–Kier alpha value is -4.47. The van der Waals surface area contributed by atoms with Crippen molar-refractivity contribution in [3.05, 3.63) is 94.4 Å². The van der Waals surface area contributed by atoms with Crippen LogP contribution in [0, 0.1) is 0 Å². The molecule has 0 amide bonds. The minimum absolute atomic E-state index is 0. The molecule has 0 spiro atoms. The van der Waals surface area contributed by atoms with Crippen LogP contribution >= 0.6 is 27.5 Å². The Kier molecular flexibility index (Phi) is 5.96. The van der Waals surface area contributed by atoms with Crippen LogP contribution in [0.1, 0.15) is 0 Å². The van der Waals surface area contributed by atoms with Gasteiger partial charge >= 0.3 is 17.1 Å². The topological polar surface area (TPSA) is 109 Å². The molecule has 2 N–H and O–H groups in total. The van der Waals surface area contributed by atoms with Gasteiger partial charge in [0.1, 0.15) is 22.6 Å². The largest absolute Gasteiger partial charge is 1.00 e. The number of aromatic nitrogens is 8. The molecule has 8 bridgehead atoms. The van der Waals surface area contributed by atoms with Gasteiger partial charge in [-0.05, 0) is 28.1 Å². The summed E-state index contributed by atoms with van der Waals surface area (Å²) in [6.45, 7) is 0. The van der Waals surface area contributed by atoms with Gasteiger partial charge < -0.3 is 9.97 Å². The molecule has 5 heterocycles. The third-order valence-electron chi connectivity index (χ3n) is 7.61. The number of nitrogens with zero attached hydrogens (tertiary/aromatic N) is 6. The fourth-order valence-corrected chi connectivity index (χ4v) is 6.36. The number of fused-ring (bicyclic) bond motifs is 20. The molecule has 7 aromatic rings. The second-order valence-electron chi connectivity index (χ2n) is 10.0. The SMILES string of the molecule is Clc1ccc2c3nc4nc(nc5[nH]c(nc6nc(nc([nH]3)c2c1Br)-c1ccccc1-6)c1ccccc51)-c1ccccc1-4.[Cu+]. The van der Waals surface area contributed by atoms with Crippen molar-refractivity contribution < 1.29 is 17.1 Å². The molecule has 0 fully saturated rings. The Labute approximate surface area is 267 Å². The van der Waals surface area contributed by atoms with Crippen LogP contribution in [0.4, 0.5) is 0 Å². The van der Waals surface area contributed by atoms with E-state index in [4.69, 9.17) is 41.5 Å². The number of aromatic amines is 2. The number of rotatable bonds is 0. The van der Waals surface area contributed by atoms with Gasteiger partial charge in [0, 0.05) is 48.3 Å². The van der Waals surface area contributed by atoms with Crippen molar-refractivity contribution in [2.24, 2.45) is 0 Å². The molecule has 0 saturated heterocycles. The maximum atomic E-state index is 6.56. The molecule has 2 aliphatic heterocycles. The van der Waals surface area contributed by atoms with Crippen LogP contribution in [0.2, 0.25) is 5.02 Å². The van der Waals surface area contributed by atoms with E-state index in [-0.39, 0.29) is 17.1 Å². The summed E-state index contributed by atoms with van der Waals surface area (Å²) in [7, 11) is 0. The summed E-state index contributed by atoms with van der Waals surface area (Å²) in [6.07, 6.45) is 0. The molecular weight excluding hydrogens is 675 g/mol. The van der Waals surface area contributed by atoms with E-state index in [2.05, 4.69) is 25.9 Å². The molecular formula is C32H16BrClCuN8+. The van der Waals surface area contributed by atoms with E-state index in [0.29, 0.717) is 50.9 Å². The molecule has 208 valence electrons. The van der Waals surface area contributed by atoms with Gasteiger partial charge in [-0.25, -0.2) is 29.9 Å². The van der Waals surface area contributed by atoms with Gasteiger partial charge in [0.05, 0.1) is 5.02 Å². The molecule has 11 heteroatoms. The van der Waals surface area contributed by atoms with E-state index in [9.17, 15) is 0 Å². The predicted molar refractivity (Wildman–Crippen MR) is 169 cm³/mol. The van der Waals surface area contributed by atoms with Crippen molar-refractivity contribution in [1.82, 2.24) is 39.9 Å². The van der Waals surface area contributed by atoms with Crippen molar-refractivity contribution in [3.63, 3.8) is 0 Å². The number of hydrogen-bond acceptors (Lipinski definition) is 6. The Morgan fingerprint density at radius 2 is 0.860 bits per heavy atom. The van der Waals surface area contributed by atoms with Gasteiger partial charge in [0.15, 0.2) is 23.3 Å². The van der Waals surface area contributed by atoms with Crippen LogP contribution < -0.4 is 0 Å². The first-order chi connectivity index (χ1) is 20.6. The van der Waals surface area contributed by atoms with Gasteiger partial charge in [-0.2, -0.15) is 0 Å². The molecule has 43 heavy (non-hydrogen) atoms. The monoisotopic (exact) mass is 689 g/mol. The molecule has 0 unspecified atom stereocenters. The first-order valence-corrected chi connectivity index (χ1v) is 14.4. The summed E-state index contributed by atoms with van der Waals surface area (Å²) >= 11 is 10.2. The quantitative estimate of drug-likeness (QED) is 0.155. The minimum atomic E-state index is 0. The molecule has 0 aliphatic carbocycles. The number of halogens is 2. The molecule has 3 aromatic heterocycles. The van der Waals surface area contributed by atoms with Crippen molar-refractivity contribution in [3.8, 4) is 45.6 Å². The molecule has 8 nitrogen and oxygen atoms in total. The third-order valence-corrected chi connectivity index (χ3v) is 8.98. The number of hydrogen-bond donors (Lipinski definition) is 2. The summed E-state index contributed by atoms with van der Waals surface area (Å²) in [4.78, 5) is 36.8. The van der Waals surface area contributed by atoms with Crippen molar-refractivity contribution in [2.45, 2.75) is 0 Å². The Balaban J connectivity index is 0.00000278. The third kappa shape index (κ3) is 3.95. The second kappa shape index (κ2) is 9.79. The van der Waals surface area contributed by atoms with Crippen molar-refractivity contribution in [1.29, 1.82) is 0 Å². The van der Waals surface area contributed by atoms with Crippen LogP contribution in [0.3, 0.4) is 0 Å². The zero-order valence-electron chi connectivity index (χ0n) is 21.8. The first-order valence-electron chi connectivity index (χ1n) is 13.2. The van der Waals surface area contributed by atoms with E-state index < -0.39 is 0 Å². The fourth-order valence-electron chi connectivity index (χ4n) is 5.67. The summed E-state index contributed by atoms with van der Waals surface area (Å²) < 4.78 is 0.720. The molecule has 9 rings (SSSR count). The minimum Gasteiger partial charge on any atom is -0.324 e. The predicted octanol–water partition coefficient (Wildman–Crippen LogP) is 8.28. The molecule has 2 aliphatic rings. The number of nitrogens with one attached hydrogen (secondary N) is 2. The van der Waals surface area contributed by atoms with E-state index in [0.717, 1.165) is 48.3 Å². The summed E-state index contributed by atoms with van der Waals surface area (Å²) in [5.41, 5.74) is 6.08. The zero-order valence-corrected chi connectivity index (χ0v) is 25.1. The van der Waals surface area contributed by atoms with Crippen LogP contribution in [0.25, 0.3) is 89.7 Å². The average Bonchev–Trinajstić information content (AvgIpc) is 3.74. The standard InChI is InChI=1S/C32H16BrClN8.Cu/c33-24-22(34)14-13-21-23(24)32-41-30-20-12-6-5-11-19(20)28(39-30)37-26-16-8-2-1-7-15(16)25(35-26)36-27-17-9-3-4-10-18(17)29(38-27)40-31(21)42-32;/h1-14H,(H2,35,36,37,38,39,40,41,42);/q;+1. The molecule has 4 aromatic carbocycles. The number of H-pyrrole nitrogens is 2. The van der Waals surface area contributed by atoms with E-state index >= 15 is 0 Å². The summed E-state index contributed by atoms with van der Waals surface area (Å²) in [5.74, 6) is 2.22. The van der Waals surface area contributed by atoms with Gasteiger partial charge in [-0.15, -0.1) is 0 Å². The summed E-state index contributed by atoms with van der Waals surface area (Å²) in [6, 6.07) is 27.7. The zero-order chi connectivity index (χ0) is 27.9. The maximum absolute atomic E-state index is 6.56. The van der Waals surface area contributed by atoms with E-state index in [1.165, 1.54) is 0 Å². The van der Waals surface area contributed by atoms with E-state index in [1.807, 2.05) is 84.9 Å². The molecule has 0 radical (unpaired) electrons. The fraction of sp³-hybridized carbons (Fsp3) is 0. The average molecular weight is 691 g/mol. The van der Waals surface area contributed by atoms with Gasteiger partial charge in [-0.1, -0.05) is 84.4 Å². The van der Waals surface area contributed by atoms with Crippen LogP contribution in [0.15, 0.2) is 89.4 Å². The maximum Gasteiger partial charge on any atom is 1.00 e. The molecule has 0 saturated carbocycles. The number of benzene rings is 4. The summed E-state index contributed by atoms with van der Waals surface area (Å²) in [5, 5.41) is 4.09. The van der Waals surface area contributed by atoms with Crippen LogP contribution in [-0.2, 0) is 17.1 Å². The smallest absolute Gasteiger partial charge is 0.324 e. The van der Waals surface area contributed by atoms with Crippen LogP contribution in [0.5, 0.6) is 0 Å². The Morgan fingerprint density at radius 3 is 1.35 bits per heavy atom. The van der Waals surface area contributed by atoms with Crippen LogP contribution in [-0.4, -0.2) is 39.9 Å².